The van der Waals surface area contributed by atoms with Crippen LogP contribution < -0.4 is 5.32 Å². The molecule has 0 saturated carbocycles. The van der Waals surface area contributed by atoms with Crippen LogP contribution in [0.25, 0.3) is 0 Å². The average molecular weight is 386 g/mol. The van der Waals surface area contributed by atoms with Crippen LogP contribution in [-0.2, 0) is 16.1 Å². The minimum Gasteiger partial charge on any atom is -0.336 e. The van der Waals surface area contributed by atoms with Gasteiger partial charge in [-0.15, -0.1) is 0 Å². The van der Waals surface area contributed by atoms with Crippen LogP contribution in [-0.4, -0.2) is 70.8 Å². The number of amides is 4. The number of hydrogen-bond donors (Lipinski definition) is 1. The Balaban J connectivity index is 1.53. The van der Waals surface area contributed by atoms with Gasteiger partial charge in [0.15, 0.2) is 0 Å². The normalized spacial score (nSPS) is 18.8. The monoisotopic (exact) mass is 386 g/mol. The third kappa shape index (κ3) is 4.64. The Hall–Kier alpha value is -2.57. The molecule has 0 atom stereocenters. The molecule has 28 heavy (non-hydrogen) atoms. The van der Waals surface area contributed by atoms with Gasteiger partial charge < -0.3 is 20.0 Å². The molecule has 0 aromatic heterocycles. The van der Waals surface area contributed by atoms with Crippen molar-refractivity contribution >= 4 is 17.8 Å². The lowest BCUT2D eigenvalue weighted by atomic mass is 10.0. The molecule has 7 heteroatoms. The van der Waals surface area contributed by atoms with Crippen molar-refractivity contribution in [3.63, 3.8) is 0 Å². The van der Waals surface area contributed by atoms with E-state index in [4.69, 9.17) is 0 Å². The summed E-state index contributed by atoms with van der Waals surface area (Å²) in [6, 6.07) is 8.10. The molecule has 2 saturated heterocycles. The summed E-state index contributed by atoms with van der Waals surface area (Å²) in [5.74, 6) is -0.838. The lowest BCUT2D eigenvalue weighted by Gasteiger charge is -2.42. The Morgan fingerprint density at radius 1 is 1.04 bits per heavy atom. The van der Waals surface area contributed by atoms with Gasteiger partial charge in [0.2, 0.25) is 0 Å². The Morgan fingerprint density at radius 2 is 1.68 bits per heavy atom. The fraction of sp³-hybridized carbons (Fsp3) is 0.571. The van der Waals surface area contributed by atoms with E-state index < -0.39 is 11.8 Å². The van der Waals surface area contributed by atoms with Crippen molar-refractivity contribution in [1.29, 1.82) is 0 Å². The topological polar surface area (TPSA) is 73.0 Å². The molecule has 0 spiro atoms. The Morgan fingerprint density at radius 3 is 2.29 bits per heavy atom. The van der Waals surface area contributed by atoms with Gasteiger partial charge in [-0.2, -0.15) is 0 Å². The molecule has 152 valence electrons. The number of urea groups is 1. The average Bonchev–Trinajstić information content (AvgIpc) is 2.67. The minimum absolute atomic E-state index is 0.0288. The molecular formula is C21H30N4O3. The van der Waals surface area contributed by atoms with Gasteiger partial charge in [-0.1, -0.05) is 29.8 Å². The largest absolute Gasteiger partial charge is 0.336 e. The molecule has 4 amide bonds. The summed E-state index contributed by atoms with van der Waals surface area (Å²) in [5, 5.41) is 2.90. The van der Waals surface area contributed by atoms with Crippen LogP contribution in [0.3, 0.4) is 0 Å². The number of aryl methyl sites for hydroxylation is 1. The van der Waals surface area contributed by atoms with E-state index in [-0.39, 0.29) is 18.1 Å². The molecule has 1 N–H and O–H groups in total. The molecule has 3 rings (SSSR count). The summed E-state index contributed by atoms with van der Waals surface area (Å²) in [4.78, 5) is 42.5. The van der Waals surface area contributed by atoms with Crippen molar-refractivity contribution in [2.24, 2.45) is 0 Å². The van der Waals surface area contributed by atoms with Crippen molar-refractivity contribution in [3.8, 4) is 0 Å². The lowest BCUT2D eigenvalue weighted by molar-refractivity contribution is -0.158. The van der Waals surface area contributed by atoms with E-state index in [9.17, 15) is 14.4 Å². The van der Waals surface area contributed by atoms with Crippen molar-refractivity contribution in [2.75, 3.05) is 26.2 Å². The lowest BCUT2D eigenvalue weighted by Crippen LogP contribution is -2.59. The molecule has 0 radical (unpaired) electrons. The minimum atomic E-state index is -0.424. The highest BCUT2D eigenvalue weighted by Gasteiger charge is 2.37. The first kappa shape index (κ1) is 20.2. The highest BCUT2D eigenvalue weighted by molar-refractivity contribution is 6.35. The number of likely N-dealkylation sites (tertiary alicyclic amines) is 1. The number of carbonyl (C=O) groups excluding carboxylic acids is 3. The van der Waals surface area contributed by atoms with Gasteiger partial charge in [0, 0.05) is 44.8 Å². The maximum Gasteiger partial charge on any atom is 0.317 e. The summed E-state index contributed by atoms with van der Waals surface area (Å²) in [6.07, 6.45) is 1.42. The van der Waals surface area contributed by atoms with Gasteiger partial charge in [0.05, 0.1) is 0 Å². The first-order chi connectivity index (χ1) is 13.3. The first-order valence-electron chi connectivity index (χ1n) is 10.1. The number of carbonyl (C=O) groups is 3. The van der Waals surface area contributed by atoms with Crippen LogP contribution in [0.5, 0.6) is 0 Å². The van der Waals surface area contributed by atoms with E-state index >= 15 is 0 Å². The summed E-state index contributed by atoms with van der Waals surface area (Å²) in [5.41, 5.74) is 2.20. The fourth-order valence-corrected chi connectivity index (χ4v) is 3.82. The third-order valence-corrected chi connectivity index (χ3v) is 5.44. The van der Waals surface area contributed by atoms with Crippen molar-refractivity contribution < 1.29 is 14.4 Å². The van der Waals surface area contributed by atoms with E-state index in [0.29, 0.717) is 45.6 Å². The zero-order valence-corrected chi connectivity index (χ0v) is 17.0. The number of piperidine rings is 1. The second-order valence-electron chi connectivity index (χ2n) is 8.03. The Labute approximate surface area is 166 Å². The van der Waals surface area contributed by atoms with Crippen molar-refractivity contribution in [2.45, 2.75) is 52.2 Å². The van der Waals surface area contributed by atoms with Crippen LogP contribution in [0.1, 0.15) is 37.8 Å². The SMILES string of the molecule is Cc1ccc(CN2CCN(C3CCN(C(=O)NC(C)C)CC3)C(=O)C2=O)cc1. The summed E-state index contributed by atoms with van der Waals surface area (Å²) in [6.45, 7) is 8.67. The predicted octanol–water partition coefficient (Wildman–Crippen LogP) is 1.75. The maximum absolute atomic E-state index is 12.7. The Kier molecular flexibility index (Phi) is 6.21. The standard InChI is InChI=1S/C21H30N4O3/c1-15(2)22-21(28)23-10-8-18(9-11-23)25-13-12-24(19(26)20(25)27)14-17-6-4-16(3)5-7-17/h4-7,15,18H,8-14H2,1-3H3,(H,22,28). The zero-order chi connectivity index (χ0) is 20.3. The summed E-state index contributed by atoms with van der Waals surface area (Å²) < 4.78 is 0. The summed E-state index contributed by atoms with van der Waals surface area (Å²) >= 11 is 0. The molecule has 0 bridgehead atoms. The van der Waals surface area contributed by atoms with Gasteiger partial charge in [-0.05, 0) is 39.2 Å². The molecule has 0 unspecified atom stereocenters. The highest BCUT2D eigenvalue weighted by Crippen LogP contribution is 2.20. The third-order valence-electron chi connectivity index (χ3n) is 5.44. The van der Waals surface area contributed by atoms with Gasteiger partial charge in [0.25, 0.3) is 0 Å². The van der Waals surface area contributed by atoms with E-state index in [2.05, 4.69) is 5.32 Å². The molecule has 7 nitrogen and oxygen atoms in total. The van der Waals surface area contributed by atoms with E-state index in [1.807, 2.05) is 45.0 Å². The second-order valence-corrected chi connectivity index (χ2v) is 8.03. The second kappa shape index (κ2) is 8.63. The maximum atomic E-state index is 12.7. The first-order valence-corrected chi connectivity index (χ1v) is 10.1. The van der Waals surface area contributed by atoms with Crippen LogP contribution in [0.4, 0.5) is 4.79 Å². The highest BCUT2D eigenvalue weighted by atomic mass is 16.2. The number of rotatable bonds is 4. The smallest absolute Gasteiger partial charge is 0.317 e. The van der Waals surface area contributed by atoms with Crippen molar-refractivity contribution in [3.05, 3.63) is 35.4 Å². The number of piperazine rings is 1. The number of nitrogens with zero attached hydrogens (tertiary/aromatic N) is 3. The molecule has 2 fully saturated rings. The quantitative estimate of drug-likeness (QED) is 0.802. The van der Waals surface area contributed by atoms with Crippen molar-refractivity contribution in [1.82, 2.24) is 20.0 Å². The molecule has 2 heterocycles. The van der Waals surface area contributed by atoms with E-state index in [1.54, 1.807) is 14.7 Å². The molecule has 1 aromatic carbocycles. The van der Waals surface area contributed by atoms with Crippen LogP contribution >= 0.6 is 0 Å². The molecule has 2 aliphatic rings. The molecule has 2 aliphatic heterocycles. The number of nitrogens with one attached hydrogen (secondary N) is 1. The van der Waals surface area contributed by atoms with Crippen LogP contribution in [0, 0.1) is 6.92 Å². The van der Waals surface area contributed by atoms with Crippen LogP contribution in [0.15, 0.2) is 24.3 Å². The zero-order valence-electron chi connectivity index (χ0n) is 17.0. The van der Waals surface area contributed by atoms with Gasteiger partial charge in [-0.25, -0.2) is 4.79 Å². The fourth-order valence-electron chi connectivity index (χ4n) is 3.82. The predicted molar refractivity (Wildman–Crippen MR) is 107 cm³/mol. The number of hydrogen-bond acceptors (Lipinski definition) is 3. The molecular weight excluding hydrogens is 356 g/mol. The van der Waals surface area contributed by atoms with Gasteiger partial charge in [-0.3, -0.25) is 9.59 Å². The molecule has 0 aliphatic carbocycles. The van der Waals surface area contributed by atoms with E-state index in [0.717, 1.165) is 5.56 Å². The van der Waals surface area contributed by atoms with Crippen LogP contribution in [0.2, 0.25) is 0 Å². The Bertz CT molecular complexity index is 724. The van der Waals surface area contributed by atoms with Gasteiger partial charge in [0.1, 0.15) is 0 Å². The number of benzene rings is 1. The summed E-state index contributed by atoms with van der Waals surface area (Å²) in [7, 11) is 0. The molecule has 1 aromatic rings. The van der Waals surface area contributed by atoms with Gasteiger partial charge >= 0.3 is 17.8 Å². The van der Waals surface area contributed by atoms with E-state index in [1.165, 1.54) is 5.56 Å².